The first-order valence-corrected chi connectivity index (χ1v) is 6.83. The Morgan fingerprint density at radius 3 is 2.88 bits per heavy atom. The van der Waals surface area contributed by atoms with Crippen LogP contribution in [-0.2, 0) is 4.79 Å². The highest BCUT2D eigenvalue weighted by Gasteiger charge is 2.16. The average molecular weight is 240 g/mol. The third-order valence-corrected chi connectivity index (χ3v) is 3.43. The fraction of sp³-hybridized carbons (Fsp3) is 0.583. The lowest BCUT2D eigenvalue weighted by molar-refractivity contribution is -0.104. The molecule has 0 aromatic rings. The van der Waals surface area contributed by atoms with Gasteiger partial charge in [0.05, 0.1) is 0 Å². The molecule has 4 heteroatoms. The lowest BCUT2D eigenvalue weighted by atomic mass is 9.91. The van der Waals surface area contributed by atoms with E-state index in [1.54, 1.807) is 0 Å². The number of nitrogens with one attached hydrogen (secondary N) is 2. The molecule has 1 atom stereocenters. The third-order valence-electron chi connectivity index (χ3n) is 2.74. The Labute approximate surface area is 102 Å². The molecule has 0 bridgehead atoms. The molecule has 1 rings (SSSR count). The first kappa shape index (κ1) is 13.3. The lowest BCUT2D eigenvalue weighted by Gasteiger charge is -2.24. The van der Waals surface area contributed by atoms with Gasteiger partial charge in [0.15, 0.2) is 6.29 Å². The Hall–Kier alpha value is -0.740. The third kappa shape index (κ3) is 4.02. The molecular weight excluding hydrogens is 220 g/mol. The average Bonchev–Trinajstić information content (AvgIpc) is 2.35. The van der Waals surface area contributed by atoms with Gasteiger partial charge in [-0.25, -0.2) is 0 Å². The van der Waals surface area contributed by atoms with Gasteiger partial charge in [-0.2, -0.15) is 0 Å². The molecule has 1 aliphatic rings. The number of carbonyl (C=O) groups is 1. The highest BCUT2D eigenvalue weighted by Crippen LogP contribution is 2.23. The van der Waals surface area contributed by atoms with E-state index >= 15 is 0 Å². The molecule has 0 aromatic heterocycles. The summed E-state index contributed by atoms with van der Waals surface area (Å²) < 4.78 is 0. The van der Waals surface area contributed by atoms with E-state index in [1.807, 2.05) is 25.6 Å². The van der Waals surface area contributed by atoms with Crippen LogP contribution in [0.2, 0.25) is 0 Å². The number of thioether (sulfide) groups is 1. The molecule has 90 valence electrons. The normalized spacial score (nSPS) is 23.0. The van der Waals surface area contributed by atoms with Gasteiger partial charge in [0.25, 0.3) is 0 Å². The van der Waals surface area contributed by atoms with E-state index < -0.39 is 0 Å². The number of allylic oxidation sites excluding steroid dienone is 2. The molecule has 3 nitrogen and oxygen atoms in total. The Balaban J connectivity index is 2.77. The zero-order valence-electron chi connectivity index (χ0n) is 9.95. The van der Waals surface area contributed by atoms with Gasteiger partial charge in [-0.15, -0.1) is 11.8 Å². The molecule has 16 heavy (non-hydrogen) atoms. The summed E-state index contributed by atoms with van der Waals surface area (Å²) in [7, 11) is 1.89. The fourth-order valence-electron chi connectivity index (χ4n) is 1.89. The van der Waals surface area contributed by atoms with Crippen LogP contribution in [0.1, 0.15) is 12.8 Å². The van der Waals surface area contributed by atoms with Crippen LogP contribution in [0.4, 0.5) is 0 Å². The summed E-state index contributed by atoms with van der Waals surface area (Å²) in [4.78, 5) is 11.6. The van der Waals surface area contributed by atoms with E-state index in [9.17, 15) is 4.79 Å². The molecule has 0 radical (unpaired) electrons. The Morgan fingerprint density at radius 1 is 1.56 bits per heavy atom. The zero-order valence-corrected chi connectivity index (χ0v) is 10.8. The summed E-state index contributed by atoms with van der Waals surface area (Å²) in [5.74, 6) is 0.517. The molecule has 0 aliphatic carbocycles. The van der Waals surface area contributed by atoms with E-state index in [0.29, 0.717) is 5.92 Å². The predicted molar refractivity (Wildman–Crippen MR) is 70.4 cm³/mol. The molecule has 0 aromatic carbocycles. The predicted octanol–water partition coefficient (Wildman–Crippen LogP) is 1.54. The van der Waals surface area contributed by atoms with E-state index in [4.69, 9.17) is 0 Å². The second kappa shape index (κ2) is 7.52. The smallest absolute Gasteiger partial charge is 0.156 e. The second-order valence-corrected chi connectivity index (χ2v) is 4.72. The minimum atomic E-state index is 0.517. The van der Waals surface area contributed by atoms with Crippen molar-refractivity contribution in [3.8, 4) is 0 Å². The van der Waals surface area contributed by atoms with E-state index in [0.717, 1.165) is 24.3 Å². The summed E-state index contributed by atoms with van der Waals surface area (Å²) in [5.41, 5.74) is 1.21. The highest BCUT2D eigenvalue weighted by molar-refractivity contribution is 8.03. The minimum Gasteiger partial charge on any atom is -0.394 e. The molecule has 2 N–H and O–H groups in total. The van der Waals surface area contributed by atoms with Crippen molar-refractivity contribution in [1.29, 1.82) is 0 Å². The molecule has 1 fully saturated rings. The van der Waals surface area contributed by atoms with Crippen molar-refractivity contribution >= 4 is 18.0 Å². The van der Waals surface area contributed by atoms with Crippen LogP contribution in [0.25, 0.3) is 0 Å². The van der Waals surface area contributed by atoms with Crippen molar-refractivity contribution in [1.82, 2.24) is 10.6 Å². The Bertz CT molecular complexity index is 281. The van der Waals surface area contributed by atoms with Crippen molar-refractivity contribution in [2.75, 3.05) is 26.4 Å². The van der Waals surface area contributed by atoms with Crippen molar-refractivity contribution < 1.29 is 4.79 Å². The van der Waals surface area contributed by atoms with E-state index in [1.165, 1.54) is 30.2 Å². The van der Waals surface area contributed by atoms with Gasteiger partial charge in [0.1, 0.15) is 0 Å². The number of piperidine rings is 1. The summed E-state index contributed by atoms with van der Waals surface area (Å²) in [6.07, 6.45) is 9.23. The zero-order chi connectivity index (χ0) is 11.8. The Morgan fingerprint density at radius 2 is 2.38 bits per heavy atom. The molecule has 1 aliphatic heterocycles. The second-order valence-electron chi connectivity index (χ2n) is 3.84. The number of rotatable bonds is 5. The number of carbonyl (C=O) groups excluding carboxylic acids is 1. The van der Waals surface area contributed by atoms with E-state index in [-0.39, 0.29) is 0 Å². The van der Waals surface area contributed by atoms with Crippen LogP contribution < -0.4 is 10.6 Å². The largest absolute Gasteiger partial charge is 0.394 e. The van der Waals surface area contributed by atoms with Crippen molar-refractivity contribution in [2.24, 2.45) is 5.92 Å². The van der Waals surface area contributed by atoms with Gasteiger partial charge in [0, 0.05) is 18.5 Å². The van der Waals surface area contributed by atoms with E-state index in [2.05, 4.69) is 10.6 Å². The summed E-state index contributed by atoms with van der Waals surface area (Å²) >= 11 is 1.49. The summed E-state index contributed by atoms with van der Waals surface area (Å²) in [5, 5.41) is 6.45. The fourth-order valence-corrected chi connectivity index (χ4v) is 2.24. The summed E-state index contributed by atoms with van der Waals surface area (Å²) in [6.45, 7) is 2.11. The van der Waals surface area contributed by atoms with Crippen LogP contribution in [0.3, 0.4) is 0 Å². The topological polar surface area (TPSA) is 41.1 Å². The maximum atomic E-state index is 10.8. The molecule has 1 heterocycles. The molecule has 0 amide bonds. The SMILES string of the molecule is CN/C=C(\C=C(/C=O)SC)C1CCCNC1. The maximum absolute atomic E-state index is 10.8. The van der Waals surface area contributed by atoms with Gasteiger partial charge in [-0.1, -0.05) is 0 Å². The first-order valence-electron chi connectivity index (χ1n) is 5.60. The van der Waals surface area contributed by atoms with Crippen molar-refractivity contribution in [3.05, 3.63) is 22.8 Å². The lowest BCUT2D eigenvalue weighted by Crippen LogP contribution is -2.30. The Kier molecular flexibility index (Phi) is 6.26. The van der Waals surface area contributed by atoms with Crippen molar-refractivity contribution in [2.45, 2.75) is 12.8 Å². The van der Waals surface area contributed by atoms with Gasteiger partial charge < -0.3 is 10.6 Å². The number of hydrogen-bond acceptors (Lipinski definition) is 4. The monoisotopic (exact) mass is 240 g/mol. The molecule has 0 saturated carbocycles. The van der Waals surface area contributed by atoms with Crippen molar-refractivity contribution in [3.63, 3.8) is 0 Å². The van der Waals surface area contributed by atoms with Crippen LogP contribution in [0.15, 0.2) is 22.8 Å². The number of hydrogen-bond donors (Lipinski definition) is 2. The quantitative estimate of drug-likeness (QED) is 0.434. The van der Waals surface area contributed by atoms with Gasteiger partial charge in [-0.05, 0) is 49.4 Å². The van der Waals surface area contributed by atoms with Crippen LogP contribution in [0.5, 0.6) is 0 Å². The molecule has 0 spiro atoms. The van der Waals surface area contributed by atoms with Crippen LogP contribution >= 0.6 is 11.8 Å². The standard InChI is InChI=1S/C12H20N2OS/c1-13-7-11(6-12(9-15)16-2)10-4-3-5-14-8-10/h6-7,9-10,13-14H,3-5,8H2,1-2H3/b11-7+,12-6+. The van der Waals surface area contributed by atoms with Gasteiger partial charge >= 0.3 is 0 Å². The molecule has 1 unspecified atom stereocenters. The highest BCUT2D eigenvalue weighted by atomic mass is 32.2. The van der Waals surface area contributed by atoms with Gasteiger partial charge in [-0.3, -0.25) is 4.79 Å². The first-order chi connectivity index (χ1) is 7.81. The van der Waals surface area contributed by atoms with Crippen LogP contribution in [0, 0.1) is 5.92 Å². The maximum Gasteiger partial charge on any atom is 0.156 e. The number of aldehydes is 1. The van der Waals surface area contributed by atoms with Crippen LogP contribution in [-0.4, -0.2) is 32.7 Å². The van der Waals surface area contributed by atoms with Gasteiger partial charge in [0.2, 0.25) is 0 Å². The minimum absolute atomic E-state index is 0.517. The molecular formula is C12H20N2OS. The summed E-state index contributed by atoms with van der Waals surface area (Å²) in [6, 6.07) is 0. The molecule has 1 saturated heterocycles.